The molecule has 5 nitrogen and oxygen atoms in total. The number of piperidine rings is 1. The van der Waals surface area contributed by atoms with Gasteiger partial charge >= 0.3 is 0 Å². The van der Waals surface area contributed by atoms with E-state index < -0.39 is 0 Å². The van der Waals surface area contributed by atoms with Crippen molar-refractivity contribution in [3.05, 3.63) is 28.7 Å². The third-order valence-electron chi connectivity index (χ3n) is 6.44. The average molecular weight is 354 g/mol. The summed E-state index contributed by atoms with van der Waals surface area (Å²) >= 11 is 0. The van der Waals surface area contributed by atoms with E-state index in [1.165, 1.54) is 44.1 Å². The lowest BCUT2D eigenvalue weighted by molar-refractivity contribution is -0.137. The lowest BCUT2D eigenvalue weighted by Crippen LogP contribution is -2.49. The SMILES string of the molecule is Cc1cc2nc(C)c(CCC(=O)N3CCC[C@H]4CCCC[C@@H]43)c(C)n2n1. The highest BCUT2D eigenvalue weighted by Crippen LogP contribution is 2.35. The van der Waals surface area contributed by atoms with E-state index in [9.17, 15) is 4.79 Å². The number of likely N-dealkylation sites (tertiary alicyclic amines) is 1. The summed E-state index contributed by atoms with van der Waals surface area (Å²) in [6.45, 7) is 7.08. The standard InChI is InChI=1S/C21H30N4O/c1-14-13-20-22-15(2)18(16(3)25(20)23-14)10-11-21(26)24-12-6-8-17-7-4-5-9-19(17)24/h13,17,19H,4-12H2,1-3H3/t17-,19+/m1/s1. The fourth-order valence-electron chi connectivity index (χ4n) is 5.11. The molecule has 0 bridgehead atoms. The fourth-order valence-corrected chi connectivity index (χ4v) is 5.11. The summed E-state index contributed by atoms with van der Waals surface area (Å²) in [7, 11) is 0. The van der Waals surface area contributed by atoms with Crippen molar-refractivity contribution in [3.63, 3.8) is 0 Å². The van der Waals surface area contributed by atoms with Crippen molar-refractivity contribution < 1.29 is 4.79 Å². The summed E-state index contributed by atoms with van der Waals surface area (Å²) in [5, 5.41) is 4.54. The van der Waals surface area contributed by atoms with Crippen LogP contribution < -0.4 is 0 Å². The monoisotopic (exact) mass is 354 g/mol. The van der Waals surface area contributed by atoms with Crippen molar-refractivity contribution in [1.82, 2.24) is 19.5 Å². The molecule has 0 unspecified atom stereocenters. The molecule has 5 heteroatoms. The van der Waals surface area contributed by atoms with E-state index >= 15 is 0 Å². The maximum Gasteiger partial charge on any atom is 0.223 e. The molecule has 2 aromatic heterocycles. The van der Waals surface area contributed by atoms with Crippen LogP contribution in [-0.4, -0.2) is 38.0 Å². The van der Waals surface area contributed by atoms with Crippen molar-refractivity contribution in [1.29, 1.82) is 0 Å². The second kappa shape index (κ2) is 7.01. The zero-order chi connectivity index (χ0) is 18.3. The number of aromatic nitrogens is 3. The molecule has 3 heterocycles. The quantitative estimate of drug-likeness (QED) is 0.843. The molecule has 2 atom stereocenters. The molecule has 140 valence electrons. The van der Waals surface area contributed by atoms with Crippen LogP contribution in [0.3, 0.4) is 0 Å². The second-order valence-electron chi connectivity index (χ2n) is 8.16. The Kier molecular flexibility index (Phi) is 4.72. The number of fused-ring (bicyclic) bond motifs is 2. The van der Waals surface area contributed by atoms with E-state index in [2.05, 4.69) is 21.9 Å². The van der Waals surface area contributed by atoms with Crippen molar-refractivity contribution in [3.8, 4) is 0 Å². The minimum atomic E-state index is 0.331. The zero-order valence-corrected chi connectivity index (χ0v) is 16.3. The van der Waals surface area contributed by atoms with E-state index in [-0.39, 0.29) is 0 Å². The summed E-state index contributed by atoms with van der Waals surface area (Å²) in [5.41, 5.74) is 5.18. The van der Waals surface area contributed by atoms with Crippen LogP contribution in [0.15, 0.2) is 6.07 Å². The van der Waals surface area contributed by atoms with Crippen LogP contribution in [0.25, 0.3) is 5.65 Å². The Morgan fingerprint density at radius 3 is 2.77 bits per heavy atom. The Hall–Kier alpha value is -1.91. The fraction of sp³-hybridized carbons (Fsp3) is 0.667. The number of hydrogen-bond donors (Lipinski definition) is 0. The molecular weight excluding hydrogens is 324 g/mol. The van der Waals surface area contributed by atoms with E-state index in [1.807, 2.05) is 24.4 Å². The van der Waals surface area contributed by atoms with Crippen LogP contribution >= 0.6 is 0 Å². The first kappa shape index (κ1) is 17.5. The van der Waals surface area contributed by atoms with Crippen molar-refractivity contribution in [2.75, 3.05) is 6.54 Å². The van der Waals surface area contributed by atoms with Crippen LogP contribution in [-0.2, 0) is 11.2 Å². The molecule has 2 aromatic rings. The van der Waals surface area contributed by atoms with Crippen molar-refractivity contribution in [2.45, 2.75) is 78.2 Å². The minimum absolute atomic E-state index is 0.331. The Balaban J connectivity index is 1.50. The molecular formula is C21H30N4O. The van der Waals surface area contributed by atoms with Crippen LogP contribution in [0.2, 0.25) is 0 Å². The van der Waals surface area contributed by atoms with Crippen LogP contribution in [0, 0.1) is 26.7 Å². The Labute approximate surface area is 155 Å². The first-order valence-corrected chi connectivity index (χ1v) is 10.2. The third kappa shape index (κ3) is 3.12. The van der Waals surface area contributed by atoms with E-state index in [1.54, 1.807) is 0 Å². The molecule has 1 saturated heterocycles. The maximum absolute atomic E-state index is 13.0. The first-order chi connectivity index (χ1) is 12.5. The predicted molar refractivity (Wildman–Crippen MR) is 102 cm³/mol. The predicted octanol–water partition coefficient (Wildman–Crippen LogP) is 3.77. The number of carbonyl (C=O) groups excluding carboxylic acids is 1. The highest BCUT2D eigenvalue weighted by atomic mass is 16.2. The second-order valence-corrected chi connectivity index (χ2v) is 8.16. The Morgan fingerprint density at radius 2 is 1.92 bits per heavy atom. The van der Waals surface area contributed by atoms with E-state index in [4.69, 9.17) is 0 Å². The van der Waals surface area contributed by atoms with Gasteiger partial charge in [0.05, 0.1) is 5.69 Å². The Bertz CT molecular complexity index is 823. The summed E-state index contributed by atoms with van der Waals surface area (Å²) in [6.07, 6.45) is 8.96. The molecule has 2 aliphatic rings. The van der Waals surface area contributed by atoms with Crippen molar-refractivity contribution in [2.24, 2.45) is 5.92 Å². The average Bonchev–Trinajstić information content (AvgIpc) is 3.01. The molecule has 1 aliphatic carbocycles. The largest absolute Gasteiger partial charge is 0.339 e. The molecule has 0 N–H and O–H groups in total. The van der Waals surface area contributed by atoms with Crippen LogP contribution in [0.5, 0.6) is 0 Å². The number of nitrogens with zero attached hydrogens (tertiary/aromatic N) is 4. The molecule has 1 amide bonds. The summed E-state index contributed by atoms with van der Waals surface area (Å²) in [6, 6.07) is 2.51. The minimum Gasteiger partial charge on any atom is -0.339 e. The molecule has 0 radical (unpaired) electrons. The van der Waals surface area contributed by atoms with Gasteiger partial charge < -0.3 is 4.90 Å². The summed E-state index contributed by atoms with van der Waals surface area (Å²) in [5.74, 6) is 1.08. The van der Waals surface area contributed by atoms with Gasteiger partial charge in [0, 0.05) is 36.5 Å². The van der Waals surface area contributed by atoms with Crippen LogP contribution in [0.4, 0.5) is 0 Å². The highest BCUT2D eigenvalue weighted by molar-refractivity contribution is 5.77. The number of amides is 1. The molecule has 1 aliphatic heterocycles. The highest BCUT2D eigenvalue weighted by Gasteiger charge is 2.35. The van der Waals surface area contributed by atoms with Gasteiger partial charge in [0.25, 0.3) is 0 Å². The molecule has 0 aromatic carbocycles. The third-order valence-corrected chi connectivity index (χ3v) is 6.44. The zero-order valence-electron chi connectivity index (χ0n) is 16.3. The number of rotatable bonds is 3. The molecule has 26 heavy (non-hydrogen) atoms. The molecule has 1 saturated carbocycles. The number of hydrogen-bond acceptors (Lipinski definition) is 3. The van der Waals surface area contributed by atoms with Gasteiger partial charge in [0.1, 0.15) is 0 Å². The Morgan fingerprint density at radius 1 is 1.15 bits per heavy atom. The van der Waals surface area contributed by atoms with Gasteiger partial charge in [-0.15, -0.1) is 0 Å². The first-order valence-electron chi connectivity index (χ1n) is 10.2. The molecule has 4 rings (SSSR count). The van der Waals surface area contributed by atoms with Gasteiger partial charge in [0.2, 0.25) is 5.91 Å². The van der Waals surface area contributed by atoms with E-state index in [0.717, 1.165) is 41.6 Å². The van der Waals surface area contributed by atoms with Gasteiger partial charge in [-0.25, -0.2) is 9.50 Å². The smallest absolute Gasteiger partial charge is 0.223 e. The van der Waals surface area contributed by atoms with Crippen LogP contribution in [0.1, 0.15) is 67.6 Å². The topological polar surface area (TPSA) is 50.5 Å². The maximum atomic E-state index is 13.0. The summed E-state index contributed by atoms with van der Waals surface area (Å²) < 4.78 is 1.92. The normalized spacial score (nSPS) is 23.3. The number of aryl methyl sites for hydroxylation is 3. The molecule has 2 fully saturated rings. The van der Waals surface area contributed by atoms with Crippen molar-refractivity contribution >= 4 is 11.6 Å². The lowest BCUT2D eigenvalue weighted by Gasteiger charge is -2.44. The summed E-state index contributed by atoms with van der Waals surface area (Å²) in [4.78, 5) is 19.9. The van der Waals surface area contributed by atoms with E-state index in [0.29, 0.717) is 18.4 Å². The van der Waals surface area contributed by atoms with Gasteiger partial charge in [-0.3, -0.25) is 4.79 Å². The molecule has 0 spiro atoms. The lowest BCUT2D eigenvalue weighted by atomic mass is 9.78. The number of carbonyl (C=O) groups is 1. The van der Waals surface area contributed by atoms with Gasteiger partial charge in [0.15, 0.2) is 5.65 Å². The van der Waals surface area contributed by atoms with Gasteiger partial charge in [-0.1, -0.05) is 12.8 Å². The van der Waals surface area contributed by atoms with Gasteiger partial charge in [-0.05, 0) is 64.4 Å². The van der Waals surface area contributed by atoms with Gasteiger partial charge in [-0.2, -0.15) is 5.10 Å².